The number of nitrogens with two attached hydrogens (primary N) is 1. The molecule has 0 saturated heterocycles. The van der Waals surface area contributed by atoms with Gasteiger partial charge in [0.1, 0.15) is 0 Å². The number of carbonyl (C=O) groups excluding carboxylic acids is 2. The van der Waals surface area contributed by atoms with Crippen molar-refractivity contribution in [2.45, 2.75) is 31.7 Å². The normalized spacial score (nSPS) is 13.8. The molecule has 2 aromatic rings. The van der Waals surface area contributed by atoms with Gasteiger partial charge in [-0.15, -0.1) is 0 Å². The first-order valence-electron chi connectivity index (χ1n) is 8.24. The molecule has 0 bridgehead atoms. The fraction of sp³-hybridized carbons (Fsp3) is 0.263. The molecule has 0 spiro atoms. The number of aryl methyl sites for hydroxylation is 2. The lowest BCUT2D eigenvalue weighted by Gasteiger charge is -2.18. The van der Waals surface area contributed by atoms with Crippen LogP contribution in [0.4, 0.5) is 10.5 Å². The Balaban J connectivity index is 1.69. The molecule has 2 aromatic carbocycles. The zero-order valence-corrected chi connectivity index (χ0v) is 15.3. The minimum Gasteiger partial charge on any atom is -0.352 e. The first kappa shape index (κ1) is 17.5. The van der Waals surface area contributed by atoms with Crippen LogP contribution < -0.4 is 16.4 Å². The third kappa shape index (κ3) is 4.60. The van der Waals surface area contributed by atoms with Crippen molar-refractivity contribution >= 4 is 33.6 Å². The van der Waals surface area contributed by atoms with E-state index >= 15 is 0 Å². The maximum absolute atomic E-state index is 12.4. The number of nitrogens with one attached hydrogen (secondary N) is 2. The molecule has 0 fully saturated rings. The van der Waals surface area contributed by atoms with Crippen LogP contribution in [0.25, 0.3) is 0 Å². The van der Waals surface area contributed by atoms with Gasteiger partial charge in [-0.1, -0.05) is 34.1 Å². The van der Waals surface area contributed by atoms with Crippen molar-refractivity contribution in [1.29, 1.82) is 0 Å². The lowest BCUT2D eigenvalue weighted by atomic mass is 10.0. The molecule has 6 heteroatoms. The van der Waals surface area contributed by atoms with Crippen molar-refractivity contribution in [1.82, 2.24) is 5.32 Å². The number of rotatable bonds is 5. The standard InChI is InChI=1S/C19H20BrN3O2/c20-15-7-4-13(5-8-15)17(23-19(21)25)11-18(24)22-16-9-6-12-2-1-3-14(12)10-16/h4-10,17H,1-3,11H2,(H,22,24)(H3,21,23,25). The highest BCUT2D eigenvalue weighted by Crippen LogP contribution is 2.25. The van der Waals surface area contributed by atoms with Gasteiger partial charge in [-0.3, -0.25) is 4.79 Å². The highest BCUT2D eigenvalue weighted by Gasteiger charge is 2.18. The minimum atomic E-state index is -0.654. The first-order valence-corrected chi connectivity index (χ1v) is 9.03. The average Bonchev–Trinajstić information content (AvgIpc) is 3.02. The van der Waals surface area contributed by atoms with Crippen LogP contribution in [0.5, 0.6) is 0 Å². The SMILES string of the molecule is NC(=O)NC(CC(=O)Nc1ccc2c(c1)CCC2)c1ccc(Br)cc1. The molecule has 130 valence electrons. The predicted octanol–water partition coefficient (Wildman–Crippen LogP) is 3.68. The minimum absolute atomic E-state index is 0.113. The summed E-state index contributed by atoms with van der Waals surface area (Å²) in [5, 5.41) is 5.55. The Morgan fingerprint density at radius 1 is 1.08 bits per heavy atom. The quantitative estimate of drug-likeness (QED) is 0.713. The average molecular weight is 402 g/mol. The van der Waals surface area contributed by atoms with Crippen LogP contribution in [0, 0.1) is 0 Å². The van der Waals surface area contributed by atoms with Gasteiger partial charge in [-0.25, -0.2) is 4.79 Å². The van der Waals surface area contributed by atoms with Gasteiger partial charge in [0.25, 0.3) is 0 Å². The monoisotopic (exact) mass is 401 g/mol. The molecule has 25 heavy (non-hydrogen) atoms. The van der Waals surface area contributed by atoms with Crippen LogP contribution in [0.1, 0.15) is 35.6 Å². The van der Waals surface area contributed by atoms with Crippen molar-refractivity contribution < 1.29 is 9.59 Å². The van der Waals surface area contributed by atoms with Crippen molar-refractivity contribution in [2.24, 2.45) is 5.73 Å². The molecule has 1 unspecified atom stereocenters. The van der Waals surface area contributed by atoms with Gasteiger partial charge in [-0.05, 0) is 60.2 Å². The smallest absolute Gasteiger partial charge is 0.312 e. The number of hydrogen-bond acceptors (Lipinski definition) is 2. The Kier molecular flexibility index (Phi) is 5.38. The van der Waals surface area contributed by atoms with Crippen LogP contribution in [0.3, 0.4) is 0 Å². The highest BCUT2D eigenvalue weighted by molar-refractivity contribution is 9.10. The van der Waals surface area contributed by atoms with E-state index in [-0.39, 0.29) is 12.3 Å². The van der Waals surface area contributed by atoms with Crippen LogP contribution in [0.15, 0.2) is 46.9 Å². The van der Waals surface area contributed by atoms with E-state index in [1.807, 2.05) is 36.4 Å². The Bertz CT molecular complexity index is 790. The summed E-state index contributed by atoms with van der Waals surface area (Å²) in [5.41, 5.74) is 9.54. The summed E-state index contributed by atoms with van der Waals surface area (Å²) < 4.78 is 0.927. The first-order chi connectivity index (χ1) is 12.0. The lowest BCUT2D eigenvalue weighted by molar-refractivity contribution is -0.116. The number of hydrogen-bond donors (Lipinski definition) is 3. The summed E-state index contributed by atoms with van der Waals surface area (Å²) in [7, 11) is 0. The largest absolute Gasteiger partial charge is 0.352 e. The zero-order chi connectivity index (χ0) is 17.8. The zero-order valence-electron chi connectivity index (χ0n) is 13.7. The molecule has 0 radical (unpaired) electrons. The molecular formula is C19H20BrN3O2. The van der Waals surface area contributed by atoms with E-state index in [2.05, 4.69) is 32.6 Å². The number of primary amides is 1. The molecule has 0 saturated carbocycles. The Morgan fingerprint density at radius 2 is 1.80 bits per heavy atom. The van der Waals surface area contributed by atoms with Crippen LogP contribution in [-0.4, -0.2) is 11.9 Å². The third-order valence-corrected chi connectivity index (χ3v) is 4.89. The van der Waals surface area contributed by atoms with E-state index in [1.54, 1.807) is 0 Å². The van der Waals surface area contributed by atoms with Crippen molar-refractivity contribution in [3.8, 4) is 0 Å². The van der Waals surface area contributed by atoms with Crippen molar-refractivity contribution in [3.63, 3.8) is 0 Å². The molecule has 0 aromatic heterocycles. The molecule has 3 rings (SSSR count). The summed E-state index contributed by atoms with van der Waals surface area (Å²) in [5.74, 6) is -0.167. The Labute approximate surface area is 155 Å². The highest BCUT2D eigenvalue weighted by atomic mass is 79.9. The van der Waals surface area contributed by atoms with E-state index in [9.17, 15) is 9.59 Å². The summed E-state index contributed by atoms with van der Waals surface area (Å²) >= 11 is 3.37. The molecule has 1 atom stereocenters. The molecule has 0 heterocycles. The number of carbonyl (C=O) groups is 2. The fourth-order valence-electron chi connectivity index (χ4n) is 3.17. The van der Waals surface area contributed by atoms with Crippen molar-refractivity contribution in [2.75, 3.05) is 5.32 Å². The van der Waals surface area contributed by atoms with Crippen LogP contribution in [0.2, 0.25) is 0 Å². The second-order valence-corrected chi connectivity index (χ2v) is 7.12. The number of urea groups is 1. The van der Waals surface area contributed by atoms with Gasteiger partial charge in [0.2, 0.25) is 5.91 Å². The van der Waals surface area contributed by atoms with Crippen LogP contribution >= 0.6 is 15.9 Å². The molecule has 4 N–H and O–H groups in total. The number of halogens is 1. The lowest BCUT2D eigenvalue weighted by Crippen LogP contribution is -2.35. The van der Waals surface area contributed by atoms with E-state index in [0.29, 0.717) is 0 Å². The summed E-state index contributed by atoms with van der Waals surface area (Å²) in [4.78, 5) is 23.7. The molecule has 3 amide bonds. The molecule has 5 nitrogen and oxygen atoms in total. The van der Waals surface area contributed by atoms with Gasteiger partial charge in [0, 0.05) is 10.2 Å². The van der Waals surface area contributed by atoms with E-state index < -0.39 is 12.1 Å². The van der Waals surface area contributed by atoms with Crippen LogP contribution in [-0.2, 0) is 17.6 Å². The van der Waals surface area contributed by atoms with Gasteiger partial charge >= 0.3 is 6.03 Å². The molecule has 1 aliphatic carbocycles. The van der Waals surface area contributed by atoms with Gasteiger partial charge in [0.05, 0.1) is 12.5 Å². The number of amides is 3. The fourth-order valence-corrected chi connectivity index (χ4v) is 3.43. The van der Waals surface area contributed by atoms with E-state index in [4.69, 9.17) is 5.73 Å². The summed E-state index contributed by atoms with van der Waals surface area (Å²) in [6.07, 6.45) is 3.45. The van der Waals surface area contributed by atoms with E-state index in [0.717, 1.165) is 28.6 Å². The maximum Gasteiger partial charge on any atom is 0.312 e. The Morgan fingerprint density at radius 3 is 2.52 bits per heavy atom. The number of fused-ring (bicyclic) bond motifs is 1. The predicted molar refractivity (Wildman–Crippen MR) is 101 cm³/mol. The van der Waals surface area contributed by atoms with Gasteiger partial charge < -0.3 is 16.4 Å². The molecular weight excluding hydrogens is 382 g/mol. The van der Waals surface area contributed by atoms with E-state index in [1.165, 1.54) is 17.5 Å². The maximum atomic E-state index is 12.4. The Hall–Kier alpha value is -2.34. The topological polar surface area (TPSA) is 84.2 Å². The second-order valence-electron chi connectivity index (χ2n) is 6.20. The van der Waals surface area contributed by atoms with Gasteiger partial charge in [-0.2, -0.15) is 0 Å². The number of anilines is 1. The summed E-state index contributed by atoms with van der Waals surface area (Å²) in [6, 6.07) is 12.4. The molecule has 1 aliphatic rings. The van der Waals surface area contributed by atoms with Crippen molar-refractivity contribution in [3.05, 3.63) is 63.6 Å². The number of benzene rings is 2. The summed E-state index contributed by atoms with van der Waals surface area (Å²) in [6.45, 7) is 0. The molecule has 0 aliphatic heterocycles. The third-order valence-electron chi connectivity index (χ3n) is 4.36. The second kappa shape index (κ2) is 7.70. The van der Waals surface area contributed by atoms with Gasteiger partial charge in [0.15, 0.2) is 0 Å².